The standard InChI is InChI=1S/C8H12N3O4PS/c1-17(14,15)7-4-2-6(3-5-7)8(12)11-16(9,10)13/h2-5H,1H3,(H5,9,10,11,12,13). The summed E-state index contributed by atoms with van der Waals surface area (Å²) in [6.07, 6.45) is 1.05. The van der Waals surface area contributed by atoms with Crippen LogP contribution in [0.5, 0.6) is 0 Å². The quantitative estimate of drug-likeness (QED) is 0.658. The van der Waals surface area contributed by atoms with Crippen LogP contribution in [-0.4, -0.2) is 20.6 Å². The molecule has 1 aromatic carbocycles. The first-order chi connectivity index (χ1) is 7.59. The Morgan fingerprint density at radius 3 is 2.06 bits per heavy atom. The van der Waals surface area contributed by atoms with Crippen LogP contribution in [-0.2, 0) is 14.4 Å². The van der Waals surface area contributed by atoms with Crippen LogP contribution in [0.4, 0.5) is 0 Å². The molecule has 0 aliphatic heterocycles. The van der Waals surface area contributed by atoms with Crippen molar-refractivity contribution in [2.75, 3.05) is 6.26 Å². The Labute approximate surface area is 98.6 Å². The first-order valence-corrected chi connectivity index (χ1v) is 8.13. The van der Waals surface area contributed by atoms with E-state index in [4.69, 9.17) is 11.0 Å². The molecule has 1 aromatic rings. The molecule has 0 saturated carbocycles. The van der Waals surface area contributed by atoms with Gasteiger partial charge >= 0.3 is 7.59 Å². The van der Waals surface area contributed by atoms with Crippen LogP contribution in [0.1, 0.15) is 10.4 Å². The van der Waals surface area contributed by atoms with E-state index < -0.39 is 23.3 Å². The second kappa shape index (κ2) is 4.58. The lowest BCUT2D eigenvalue weighted by atomic mass is 10.2. The van der Waals surface area contributed by atoms with Gasteiger partial charge in [-0.05, 0) is 24.3 Å². The van der Waals surface area contributed by atoms with E-state index in [0.717, 1.165) is 6.26 Å². The van der Waals surface area contributed by atoms with Gasteiger partial charge in [-0.25, -0.2) is 8.42 Å². The third-order valence-corrected chi connectivity index (χ3v) is 3.50. The molecular weight excluding hydrogens is 265 g/mol. The van der Waals surface area contributed by atoms with Gasteiger partial charge in [-0.15, -0.1) is 0 Å². The van der Waals surface area contributed by atoms with Gasteiger partial charge in [0.05, 0.1) is 4.90 Å². The van der Waals surface area contributed by atoms with E-state index in [0.29, 0.717) is 0 Å². The maximum absolute atomic E-state index is 11.4. The highest BCUT2D eigenvalue weighted by Gasteiger charge is 2.15. The number of benzene rings is 1. The summed E-state index contributed by atoms with van der Waals surface area (Å²) in [4.78, 5) is 11.5. The monoisotopic (exact) mass is 277 g/mol. The molecule has 1 rings (SSSR count). The Kier molecular flexibility index (Phi) is 3.73. The van der Waals surface area contributed by atoms with Crippen molar-refractivity contribution < 1.29 is 17.8 Å². The molecule has 0 bridgehead atoms. The summed E-state index contributed by atoms with van der Waals surface area (Å²) in [7, 11) is -6.97. The molecule has 94 valence electrons. The highest BCUT2D eigenvalue weighted by atomic mass is 32.2. The number of carbonyl (C=O) groups excluding carboxylic acids is 1. The SMILES string of the molecule is CS(=O)(=O)c1ccc(C(=O)NP(N)(N)=O)cc1. The number of rotatable bonds is 3. The molecule has 17 heavy (non-hydrogen) atoms. The predicted octanol–water partition coefficient (Wildman–Crippen LogP) is -0.155. The number of amides is 1. The van der Waals surface area contributed by atoms with Crippen molar-refractivity contribution >= 4 is 23.3 Å². The minimum absolute atomic E-state index is 0.0812. The average Bonchev–Trinajstić information content (AvgIpc) is 2.14. The number of nitrogens with two attached hydrogens (primary N) is 2. The summed E-state index contributed by atoms with van der Waals surface area (Å²) < 4.78 is 33.3. The zero-order valence-electron chi connectivity index (χ0n) is 8.95. The molecule has 0 aromatic heterocycles. The van der Waals surface area contributed by atoms with Crippen LogP contribution < -0.4 is 16.1 Å². The zero-order valence-corrected chi connectivity index (χ0v) is 10.7. The normalized spacial score (nSPS) is 12.2. The van der Waals surface area contributed by atoms with Gasteiger partial charge in [0.25, 0.3) is 5.91 Å². The van der Waals surface area contributed by atoms with Crippen molar-refractivity contribution in [3.63, 3.8) is 0 Å². The smallest absolute Gasteiger partial charge is 0.279 e. The molecule has 0 heterocycles. The Hall–Kier alpha value is -1.21. The predicted molar refractivity (Wildman–Crippen MR) is 63.0 cm³/mol. The van der Waals surface area contributed by atoms with Crippen LogP contribution >= 0.6 is 7.59 Å². The van der Waals surface area contributed by atoms with E-state index in [2.05, 4.69) is 0 Å². The topological polar surface area (TPSA) is 132 Å². The van der Waals surface area contributed by atoms with E-state index in [-0.39, 0.29) is 10.5 Å². The molecule has 0 saturated heterocycles. The van der Waals surface area contributed by atoms with Gasteiger partial charge in [-0.3, -0.25) is 25.5 Å². The molecule has 7 nitrogen and oxygen atoms in total. The lowest BCUT2D eigenvalue weighted by Crippen LogP contribution is -2.28. The second-order valence-corrected chi connectivity index (χ2v) is 7.10. The molecule has 0 spiro atoms. The summed E-state index contributed by atoms with van der Waals surface area (Å²) in [5, 5.41) is 1.92. The highest BCUT2D eigenvalue weighted by molar-refractivity contribution is 7.90. The minimum atomic E-state index is -3.65. The third-order valence-electron chi connectivity index (χ3n) is 1.82. The van der Waals surface area contributed by atoms with E-state index >= 15 is 0 Å². The number of hydrogen-bond acceptors (Lipinski definition) is 4. The van der Waals surface area contributed by atoms with Crippen LogP contribution in [0.3, 0.4) is 0 Å². The molecule has 0 radical (unpaired) electrons. The Morgan fingerprint density at radius 2 is 1.71 bits per heavy atom. The van der Waals surface area contributed by atoms with Gasteiger partial charge in [-0.1, -0.05) is 0 Å². The van der Waals surface area contributed by atoms with Crippen molar-refractivity contribution in [3.8, 4) is 0 Å². The van der Waals surface area contributed by atoms with Crippen molar-refractivity contribution in [1.82, 2.24) is 5.09 Å². The number of nitrogens with one attached hydrogen (secondary N) is 1. The van der Waals surface area contributed by atoms with Gasteiger partial charge < -0.3 is 0 Å². The maximum Gasteiger partial charge on any atom is 0.300 e. The van der Waals surface area contributed by atoms with Crippen molar-refractivity contribution in [1.29, 1.82) is 0 Å². The van der Waals surface area contributed by atoms with E-state index in [1.165, 1.54) is 24.3 Å². The summed E-state index contributed by atoms with van der Waals surface area (Å²) >= 11 is 0. The Bertz CT molecular complexity index is 575. The molecule has 0 unspecified atom stereocenters. The summed E-state index contributed by atoms with van der Waals surface area (Å²) in [6, 6.07) is 5.09. The summed E-state index contributed by atoms with van der Waals surface area (Å²) in [5.41, 5.74) is 10.1. The molecule has 0 aliphatic carbocycles. The Morgan fingerprint density at radius 1 is 1.24 bits per heavy atom. The van der Waals surface area contributed by atoms with Gasteiger partial charge in [0.15, 0.2) is 9.84 Å². The number of carbonyl (C=O) groups is 1. The highest BCUT2D eigenvalue weighted by Crippen LogP contribution is 2.19. The summed E-state index contributed by atoms with van der Waals surface area (Å²) in [6.45, 7) is 0. The lowest BCUT2D eigenvalue weighted by molar-refractivity contribution is 0.0980. The van der Waals surface area contributed by atoms with Gasteiger partial charge in [0.2, 0.25) is 0 Å². The Balaban J connectivity index is 2.97. The van der Waals surface area contributed by atoms with Crippen molar-refractivity contribution in [2.45, 2.75) is 4.90 Å². The van der Waals surface area contributed by atoms with Crippen molar-refractivity contribution in [2.24, 2.45) is 11.0 Å². The molecule has 0 aliphatic rings. The molecule has 5 N–H and O–H groups in total. The fourth-order valence-corrected chi connectivity index (χ4v) is 2.15. The molecule has 0 fully saturated rings. The van der Waals surface area contributed by atoms with Crippen LogP contribution in [0.2, 0.25) is 0 Å². The molecular formula is C8H12N3O4PS. The third kappa shape index (κ3) is 4.27. The van der Waals surface area contributed by atoms with Crippen LogP contribution in [0.15, 0.2) is 29.2 Å². The maximum atomic E-state index is 11.4. The van der Waals surface area contributed by atoms with E-state index in [9.17, 15) is 17.8 Å². The first-order valence-electron chi connectivity index (χ1n) is 4.39. The van der Waals surface area contributed by atoms with E-state index in [1.807, 2.05) is 5.09 Å². The molecule has 0 atom stereocenters. The van der Waals surface area contributed by atoms with Crippen LogP contribution in [0, 0.1) is 0 Å². The average molecular weight is 277 g/mol. The number of hydrogen-bond donors (Lipinski definition) is 3. The minimum Gasteiger partial charge on any atom is -0.279 e. The fraction of sp³-hybridized carbons (Fsp3) is 0.125. The fourth-order valence-electron chi connectivity index (χ4n) is 1.08. The van der Waals surface area contributed by atoms with E-state index in [1.54, 1.807) is 0 Å². The molecule has 9 heteroatoms. The first kappa shape index (κ1) is 13.9. The lowest BCUT2D eigenvalue weighted by Gasteiger charge is -2.08. The van der Waals surface area contributed by atoms with Gasteiger partial charge in [-0.2, -0.15) is 0 Å². The van der Waals surface area contributed by atoms with Crippen molar-refractivity contribution in [3.05, 3.63) is 29.8 Å². The largest absolute Gasteiger partial charge is 0.300 e. The second-order valence-electron chi connectivity index (χ2n) is 3.45. The molecule has 1 amide bonds. The zero-order chi connectivity index (χ0) is 13.3. The summed E-state index contributed by atoms with van der Waals surface area (Å²) in [5.74, 6) is -0.724. The number of sulfone groups is 1. The van der Waals surface area contributed by atoms with Crippen LogP contribution in [0.25, 0.3) is 0 Å². The van der Waals surface area contributed by atoms with Gasteiger partial charge in [0.1, 0.15) is 0 Å². The van der Waals surface area contributed by atoms with Gasteiger partial charge in [0, 0.05) is 11.8 Å².